The predicted molar refractivity (Wildman–Crippen MR) is 130 cm³/mol. The Morgan fingerprint density at radius 1 is 1.09 bits per heavy atom. The summed E-state index contributed by atoms with van der Waals surface area (Å²) in [6.07, 6.45) is 1.50. The highest BCUT2D eigenvalue weighted by Gasteiger charge is 2.14. The standard InChI is InChI=1S/C22H23N7O4S/c1-3-28(4-2)17-9-5-15(6-10-17)14-23-25-19(30)13-20-26-27-22(34-20)24-21(31)16-7-11-18(12-8-16)29(32)33/h5-12,14H,3-4,13H2,1-2H3,(H,25,30)(H,24,27,31)/b23-14-. The van der Waals surface area contributed by atoms with E-state index in [1.807, 2.05) is 24.3 Å². The molecule has 0 saturated heterocycles. The van der Waals surface area contributed by atoms with Crippen LogP contribution in [0.15, 0.2) is 53.6 Å². The van der Waals surface area contributed by atoms with Crippen molar-refractivity contribution in [2.75, 3.05) is 23.3 Å². The van der Waals surface area contributed by atoms with E-state index in [0.717, 1.165) is 35.7 Å². The monoisotopic (exact) mass is 481 g/mol. The van der Waals surface area contributed by atoms with E-state index in [2.05, 4.69) is 44.8 Å². The molecule has 1 aromatic heterocycles. The molecule has 0 atom stereocenters. The van der Waals surface area contributed by atoms with Crippen molar-refractivity contribution in [1.82, 2.24) is 15.6 Å². The summed E-state index contributed by atoms with van der Waals surface area (Å²) in [6, 6.07) is 13.0. The van der Waals surface area contributed by atoms with Crippen molar-refractivity contribution in [3.63, 3.8) is 0 Å². The van der Waals surface area contributed by atoms with E-state index in [-0.39, 0.29) is 28.7 Å². The van der Waals surface area contributed by atoms with Gasteiger partial charge in [0, 0.05) is 36.5 Å². The maximum Gasteiger partial charge on any atom is 0.269 e. The van der Waals surface area contributed by atoms with Crippen molar-refractivity contribution in [3.8, 4) is 0 Å². The molecular weight excluding hydrogens is 458 g/mol. The molecule has 0 spiro atoms. The van der Waals surface area contributed by atoms with Gasteiger partial charge in [-0.3, -0.25) is 25.0 Å². The molecule has 0 aliphatic heterocycles. The predicted octanol–water partition coefficient (Wildman–Crippen LogP) is 3.24. The summed E-state index contributed by atoms with van der Waals surface area (Å²) in [5, 5.41) is 25.6. The Balaban J connectivity index is 1.49. The topological polar surface area (TPSA) is 143 Å². The van der Waals surface area contributed by atoms with Crippen LogP contribution in [-0.2, 0) is 11.2 Å². The zero-order valence-electron chi connectivity index (χ0n) is 18.6. The van der Waals surface area contributed by atoms with E-state index in [9.17, 15) is 19.7 Å². The number of aromatic nitrogens is 2. The first-order valence-corrected chi connectivity index (χ1v) is 11.3. The van der Waals surface area contributed by atoms with Crippen LogP contribution >= 0.6 is 11.3 Å². The zero-order valence-corrected chi connectivity index (χ0v) is 19.4. The lowest BCUT2D eigenvalue weighted by atomic mass is 10.2. The minimum Gasteiger partial charge on any atom is -0.372 e. The van der Waals surface area contributed by atoms with Crippen LogP contribution in [-0.4, -0.2) is 46.2 Å². The van der Waals surface area contributed by atoms with Crippen LogP contribution in [0.3, 0.4) is 0 Å². The Labute approximate surface area is 199 Å². The lowest BCUT2D eigenvalue weighted by Crippen LogP contribution is -2.21. The fourth-order valence-electron chi connectivity index (χ4n) is 3.00. The van der Waals surface area contributed by atoms with Gasteiger partial charge in [-0.05, 0) is 43.7 Å². The number of nitro benzene ring substituents is 1. The quantitative estimate of drug-likeness (QED) is 0.257. The van der Waals surface area contributed by atoms with Gasteiger partial charge in [-0.2, -0.15) is 5.10 Å². The van der Waals surface area contributed by atoms with Crippen LogP contribution in [0.5, 0.6) is 0 Å². The second-order valence-electron chi connectivity index (χ2n) is 6.99. The van der Waals surface area contributed by atoms with E-state index in [1.54, 1.807) is 6.21 Å². The Morgan fingerprint density at radius 2 is 1.76 bits per heavy atom. The molecule has 0 aliphatic rings. The van der Waals surface area contributed by atoms with Crippen molar-refractivity contribution >= 4 is 45.9 Å². The molecule has 2 aromatic carbocycles. The summed E-state index contributed by atoms with van der Waals surface area (Å²) in [5.41, 5.74) is 4.55. The summed E-state index contributed by atoms with van der Waals surface area (Å²) in [7, 11) is 0. The molecule has 0 radical (unpaired) electrons. The average molecular weight is 482 g/mol. The van der Waals surface area contributed by atoms with Gasteiger partial charge in [-0.1, -0.05) is 23.5 Å². The molecule has 2 amide bonds. The van der Waals surface area contributed by atoms with E-state index >= 15 is 0 Å². The van der Waals surface area contributed by atoms with Gasteiger partial charge in [0.25, 0.3) is 11.6 Å². The zero-order chi connectivity index (χ0) is 24.5. The Hall–Kier alpha value is -4.19. The first-order chi connectivity index (χ1) is 16.4. The average Bonchev–Trinajstić information content (AvgIpc) is 3.27. The number of amides is 2. The number of benzene rings is 2. The smallest absolute Gasteiger partial charge is 0.269 e. The third kappa shape index (κ3) is 6.65. The molecular formula is C22H23N7O4S. The first-order valence-electron chi connectivity index (χ1n) is 10.4. The van der Waals surface area contributed by atoms with Gasteiger partial charge >= 0.3 is 0 Å². The van der Waals surface area contributed by atoms with Crippen LogP contribution in [0.4, 0.5) is 16.5 Å². The summed E-state index contributed by atoms with van der Waals surface area (Å²) in [4.78, 5) is 36.8. The highest BCUT2D eigenvalue weighted by Crippen LogP contribution is 2.18. The van der Waals surface area contributed by atoms with Crippen molar-refractivity contribution in [1.29, 1.82) is 0 Å². The van der Waals surface area contributed by atoms with Crippen molar-refractivity contribution in [3.05, 3.63) is 74.8 Å². The molecule has 0 unspecified atom stereocenters. The molecule has 11 nitrogen and oxygen atoms in total. The van der Waals surface area contributed by atoms with Gasteiger partial charge in [0.1, 0.15) is 5.01 Å². The number of rotatable bonds is 10. The number of nitrogens with one attached hydrogen (secondary N) is 2. The number of carbonyl (C=O) groups is 2. The second kappa shape index (κ2) is 11.6. The Bertz CT molecular complexity index is 1170. The van der Waals surface area contributed by atoms with Gasteiger partial charge in [0.05, 0.1) is 17.6 Å². The fraction of sp³-hybridized carbons (Fsp3) is 0.227. The largest absolute Gasteiger partial charge is 0.372 e. The summed E-state index contributed by atoms with van der Waals surface area (Å²) in [5.74, 6) is -0.862. The molecule has 34 heavy (non-hydrogen) atoms. The third-order valence-electron chi connectivity index (χ3n) is 4.76. The van der Waals surface area contributed by atoms with E-state index in [1.165, 1.54) is 24.3 Å². The molecule has 12 heteroatoms. The molecule has 0 fully saturated rings. The number of hydrogen-bond donors (Lipinski definition) is 2. The van der Waals surface area contributed by atoms with Crippen LogP contribution in [0.1, 0.15) is 34.8 Å². The lowest BCUT2D eigenvalue weighted by Gasteiger charge is -2.20. The second-order valence-corrected chi connectivity index (χ2v) is 8.05. The van der Waals surface area contributed by atoms with Gasteiger partial charge in [-0.15, -0.1) is 10.2 Å². The van der Waals surface area contributed by atoms with Crippen molar-refractivity contribution in [2.24, 2.45) is 5.10 Å². The van der Waals surface area contributed by atoms with Gasteiger partial charge < -0.3 is 4.90 Å². The van der Waals surface area contributed by atoms with E-state index in [4.69, 9.17) is 0 Å². The number of hydrogen-bond acceptors (Lipinski definition) is 9. The summed E-state index contributed by atoms with van der Waals surface area (Å²) in [6.45, 7) is 6.05. The van der Waals surface area contributed by atoms with Crippen molar-refractivity contribution < 1.29 is 14.5 Å². The van der Waals surface area contributed by atoms with Crippen LogP contribution in [0.2, 0.25) is 0 Å². The molecule has 0 bridgehead atoms. The minimum absolute atomic E-state index is 0.0523. The number of nitro groups is 1. The number of carbonyl (C=O) groups excluding carboxylic acids is 2. The van der Waals surface area contributed by atoms with Gasteiger partial charge in [-0.25, -0.2) is 5.43 Å². The highest BCUT2D eigenvalue weighted by atomic mass is 32.1. The maximum atomic E-state index is 12.3. The number of anilines is 2. The summed E-state index contributed by atoms with van der Waals surface area (Å²) < 4.78 is 0. The van der Waals surface area contributed by atoms with Crippen LogP contribution in [0.25, 0.3) is 0 Å². The maximum absolute atomic E-state index is 12.3. The van der Waals surface area contributed by atoms with E-state index < -0.39 is 10.8 Å². The number of nitrogens with zero attached hydrogens (tertiary/aromatic N) is 5. The normalized spacial score (nSPS) is 10.8. The van der Waals surface area contributed by atoms with Crippen LogP contribution in [0, 0.1) is 10.1 Å². The minimum atomic E-state index is -0.545. The van der Waals surface area contributed by atoms with E-state index in [0.29, 0.717) is 5.01 Å². The molecule has 2 N–H and O–H groups in total. The fourth-order valence-corrected chi connectivity index (χ4v) is 3.73. The summed E-state index contributed by atoms with van der Waals surface area (Å²) >= 11 is 1.05. The Kier molecular flexibility index (Phi) is 8.35. The molecule has 3 aromatic rings. The van der Waals surface area contributed by atoms with Crippen molar-refractivity contribution in [2.45, 2.75) is 20.3 Å². The molecule has 0 saturated carbocycles. The number of hydrazone groups is 1. The Morgan fingerprint density at radius 3 is 2.38 bits per heavy atom. The first kappa shape index (κ1) is 24.5. The lowest BCUT2D eigenvalue weighted by molar-refractivity contribution is -0.384. The molecule has 1 heterocycles. The SMILES string of the molecule is CCN(CC)c1ccc(/C=N\NC(=O)Cc2nnc(NC(=O)c3ccc([N+](=O)[O-])cc3)s2)cc1. The molecule has 176 valence electrons. The highest BCUT2D eigenvalue weighted by molar-refractivity contribution is 7.15. The van der Waals surface area contributed by atoms with Crippen LogP contribution < -0.4 is 15.6 Å². The number of non-ortho nitro benzene ring substituents is 1. The molecule has 0 aliphatic carbocycles. The van der Waals surface area contributed by atoms with Gasteiger partial charge in [0.2, 0.25) is 11.0 Å². The third-order valence-corrected chi connectivity index (χ3v) is 5.60. The molecule has 3 rings (SSSR count). The van der Waals surface area contributed by atoms with Gasteiger partial charge in [0.15, 0.2) is 0 Å².